The number of nitrogens with zero attached hydrogens (tertiary/aromatic N) is 2. The third kappa shape index (κ3) is 18.5. The van der Waals surface area contributed by atoms with Gasteiger partial charge in [-0.05, 0) is 25.7 Å². The Morgan fingerprint density at radius 3 is 1.38 bits per heavy atom. The Morgan fingerprint density at radius 1 is 0.600 bits per heavy atom. The van der Waals surface area contributed by atoms with Crippen LogP contribution in [0.5, 0.6) is 0 Å². The van der Waals surface area contributed by atoms with Gasteiger partial charge >= 0.3 is 0 Å². The number of alkyl halides is 2. The average molecular weight is 602 g/mol. The number of halogens is 2. The summed E-state index contributed by atoms with van der Waals surface area (Å²) in [6, 6.07) is 0. The van der Waals surface area contributed by atoms with Crippen molar-refractivity contribution in [2.45, 2.75) is 153 Å². The fourth-order valence-corrected chi connectivity index (χ4v) is 7.08. The van der Waals surface area contributed by atoms with Crippen LogP contribution in [-0.4, -0.2) is 73.6 Å². The zero-order valence-corrected chi connectivity index (χ0v) is 29.4. The first kappa shape index (κ1) is 38.0. The monoisotopic (exact) mass is 600 g/mol. The molecule has 0 heterocycles. The second-order valence-corrected chi connectivity index (χ2v) is 15.6. The van der Waals surface area contributed by atoms with Crippen molar-refractivity contribution < 1.29 is 8.97 Å². The molecular formula is C36H70Cl2N2+2. The number of quaternary nitrogens is 2. The Hall–Kier alpha value is -0.0200. The van der Waals surface area contributed by atoms with E-state index in [9.17, 15) is 0 Å². The van der Waals surface area contributed by atoms with E-state index >= 15 is 0 Å². The molecule has 0 aromatic rings. The molecule has 1 rings (SSSR count). The summed E-state index contributed by atoms with van der Waals surface area (Å²) in [7, 11) is 9.36. The summed E-state index contributed by atoms with van der Waals surface area (Å²) in [5, 5.41) is -0.156. The van der Waals surface area contributed by atoms with Crippen molar-refractivity contribution in [2.24, 2.45) is 0 Å². The summed E-state index contributed by atoms with van der Waals surface area (Å²) in [5.41, 5.74) is 1.34. The highest BCUT2D eigenvalue weighted by Gasteiger charge is 2.41. The Kier molecular flexibility index (Phi) is 20.6. The number of unbranched alkanes of at least 4 members (excludes halogenated alkanes) is 18. The van der Waals surface area contributed by atoms with Gasteiger partial charge in [-0.2, -0.15) is 0 Å². The van der Waals surface area contributed by atoms with E-state index in [-0.39, 0.29) is 5.38 Å². The molecule has 0 radical (unpaired) electrons. The minimum Gasteiger partial charge on any atom is -0.327 e. The molecule has 40 heavy (non-hydrogen) atoms. The van der Waals surface area contributed by atoms with Crippen molar-refractivity contribution in [1.29, 1.82) is 0 Å². The minimum absolute atomic E-state index is 0.156. The zero-order valence-electron chi connectivity index (χ0n) is 27.9. The first-order valence-corrected chi connectivity index (χ1v) is 18.2. The fraction of sp³-hybridized carbons (Fsp3) is 0.889. The predicted octanol–water partition coefficient (Wildman–Crippen LogP) is 11.1. The molecule has 0 saturated carbocycles. The quantitative estimate of drug-likeness (QED) is 0.0526. The van der Waals surface area contributed by atoms with Crippen LogP contribution in [0.1, 0.15) is 142 Å². The van der Waals surface area contributed by atoms with Crippen LogP contribution in [0.3, 0.4) is 0 Å². The lowest BCUT2D eigenvalue weighted by molar-refractivity contribution is -0.891. The summed E-state index contributed by atoms with van der Waals surface area (Å²) < 4.78 is 1.95. The smallest absolute Gasteiger partial charge is 0.131 e. The molecule has 0 bridgehead atoms. The third-order valence-corrected chi connectivity index (χ3v) is 10.0. The number of likely N-dealkylation sites (N-methyl/N-ethyl adjacent to an activating group) is 1. The van der Waals surface area contributed by atoms with Crippen LogP contribution in [0.2, 0.25) is 0 Å². The lowest BCUT2D eigenvalue weighted by Crippen LogP contribution is -2.53. The van der Waals surface area contributed by atoms with E-state index in [1.165, 1.54) is 147 Å². The molecule has 236 valence electrons. The molecule has 0 fully saturated rings. The minimum atomic E-state index is -0.499. The first-order chi connectivity index (χ1) is 19.0. The molecule has 0 saturated heterocycles. The van der Waals surface area contributed by atoms with Gasteiger partial charge < -0.3 is 8.97 Å². The van der Waals surface area contributed by atoms with E-state index in [2.05, 4.69) is 60.3 Å². The Labute approximate surface area is 262 Å². The standard InChI is InChI=1S/C36H70Cl2N2/c1-7-9-11-13-15-17-19-21-23-25-29-39(3,4)32-34-27-28-36(38,35(37)31-34)33-40(5,6)30-26-24-22-20-18-16-14-12-10-8-2/h27-28,31,35H,7-26,29-30,32-33H2,1-6H3/q+2. The lowest BCUT2D eigenvalue weighted by Gasteiger charge is -2.40. The van der Waals surface area contributed by atoms with Gasteiger partial charge in [-0.15, -0.1) is 23.2 Å². The van der Waals surface area contributed by atoms with Gasteiger partial charge in [0.15, 0.2) is 0 Å². The van der Waals surface area contributed by atoms with Gasteiger partial charge in [0.1, 0.15) is 18.0 Å². The van der Waals surface area contributed by atoms with Gasteiger partial charge in [0.2, 0.25) is 0 Å². The molecule has 4 heteroatoms. The number of hydrogen-bond donors (Lipinski definition) is 0. The van der Waals surface area contributed by atoms with Crippen LogP contribution < -0.4 is 0 Å². The molecule has 0 aromatic carbocycles. The number of allylic oxidation sites excluding steroid dienone is 1. The Bertz CT molecular complexity index is 684. The molecular weight excluding hydrogens is 531 g/mol. The SMILES string of the molecule is CCCCCCCCCCCC[N+](C)(C)CC1=CC(Cl)C(Cl)(C[N+](C)(C)CCCCCCCCCCCC)C=C1. The van der Waals surface area contributed by atoms with Gasteiger partial charge in [0, 0.05) is 5.57 Å². The van der Waals surface area contributed by atoms with Crippen molar-refractivity contribution >= 4 is 23.2 Å². The largest absolute Gasteiger partial charge is 0.327 e. The van der Waals surface area contributed by atoms with Crippen LogP contribution in [0.25, 0.3) is 0 Å². The molecule has 0 spiro atoms. The maximum Gasteiger partial charge on any atom is 0.131 e. The van der Waals surface area contributed by atoms with Crippen molar-refractivity contribution in [1.82, 2.24) is 0 Å². The molecule has 0 aromatic heterocycles. The lowest BCUT2D eigenvalue weighted by atomic mass is 9.93. The van der Waals surface area contributed by atoms with Crippen molar-refractivity contribution in [3.05, 3.63) is 23.8 Å². The maximum atomic E-state index is 7.18. The van der Waals surface area contributed by atoms with Gasteiger partial charge in [-0.1, -0.05) is 135 Å². The van der Waals surface area contributed by atoms with Gasteiger partial charge in [0.05, 0.1) is 46.7 Å². The second kappa shape index (κ2) is 21.6. The summed E-state index contributed by atoms with van der Waals surface area (Å²) in [5.74, 6) is 0. The summed E-state index contributed by atoms with van der Waals surface area (Å²) >= 11 is 14.1. The van der Waals surface area contributed by atoms with E-state index in [0.29, 0.717) is 0 Å². The Morgan fingerprint density at radius 2 is 0.975 bits per heavy atom. The molecule has 1 aliphatic carbocycles. The molecule has 0 aliphatic heterocycles. The highest BCUT2D eigenvalue weighted by molar-refractivity contribution is 6.34. The summed E-state index contributed by atoms with van der Waals surface area (Å²) in [6.07, 6.45) is 34.5. The maximum absolute atomic E-state index is 7.18. The van der Waals surface area contributed by atoms with Gasteiger partial charge in [-0.3, -0.25) is 0 Å². The average Bonchev–Trinajstić information content (AvgIpc) is 2.88. The van der Waals surface area contributed by atoms with Crippen LogP contribution in [0, 0.1) is 0 Å². The van der Waals surface area contributed by atoms with E-state index in [1.54, 1.807) is 0 Å². The second-order valence-electron chi connectivity index (χ2n) is 14.4. The van der Waals surface area contributed by atoms with Crippen molar-refractivity contribution in [3.8, 4) is 0 Å². The van der Waals surface area contributed by atoms with E-state index < -0.39 is 4.87 Å². The fourth-order valence-electron chi connectivity index (χ4n) is 6.33. The topological polar surface area (TPSA) is 0 Å². The van der Waals surface area contributed by atoms with Crippen molar-refractivity contribution in [2.75, 3.05) is 54.4 Å². The van der Waals surface area contributed by atoms with Gasteiger partial charge in [-0.25, -0.2) is 0 Å². The number of rotatable bonds is 26. The highest BCUT2D eigenvalue weighted by atomic mass is 35.5. The van der Waals surface area contributed by atoms with E-state index in [1.807, 2.05) is 0 Å². The highest BCUT2D eigenvalue weighted by Crippen LogP contribution is 2.35. The van der Waals surface area contributed by atoms with Crippen LogP contribution in [-0.2, 0) is 0 Å². The number of hydrogen-bond acceptors (Lipinski definition) is 0. The Balaban J connectivity index is 2.29. The van der Waals surface area contributed by atoms with E-state index in [4.69, 9.17) is 23.2 Å². The first-order valence-electron chi connectivity index (χ1n) is 17.4. The third-order valence-electron chi connectivity index (χ3n) is 8.91. The molecule has 0 amide bonds. The zero-order chi connectivity index (χ0) is 29.7. The van der Waals surface area contributed by atoms with Gasteiger partial charge in [0.25, 0.3) is 0 Å². The normalized spacial score (nSPS) is 19.8. The molecule has 1 aliphatic rings. The molecule has 2 atom stereocenters. The predicted molar refractivity (Wildman–Crippen MR) is 183 cm³/mol. The van der Waals surface area contributed by atoms with E-state index in [0.717, 1.165) is 22.1 Å². The van der Waals surface area contributed by atoms with Crippen molar-refractivity contribution in [3.63, 3.8) is 0 Å². The summed E-state index contributed by atoms with van der Waals surface area (Å²) in [4.78, 5) is -0.499. The summed E-state index contributed by atoms with van der Waals surface area (Å²) in [6.45, 7) is 8.88. The molecule has 0 N–H and O–H groups in total. The molecule has 2 nitrogen and oxygen atoms in total. The van der Waals surface area contributed by atoms with Crippen LogP contribution in [0.4, 0.5) is 0 Å². The van der Waals surface area contributed by atoms with Crippen LogP contribution in [0.15, 0.2) is 23.8 Å². The molecule has 2 unspecified atom stereocenters. The van der Waals surface area contributed by atoms with Crippen LogP contribution >= 0.6 is 23.2 Å².